The average molecular weight is 515 g/mol. The maximum Gasteiger partial charge on any atom is 0.420 e. The van der Waals surface area contributed by atoms with Crippen molar-refractivity contribution in [3.8, 4) is 17.1 Å². The molecule has 4 heterocycles. The van der Waals surface area contributed by atoms with Crippen LogP contribution >= 0.6 is 11.6 Å². The Morgan fingerprint density at radius 2 is 1.89 bits per heavy atom. The van der Waals surface area contributed by atoms with E-state index in [4.69, 9.17) is 11.6 Å². The molecular weight excluding hydrogens is 501 g/mol. The molecule has 10 nitrogen and oxygen atoms in total. The number of rotatable bonds is 4. The minimum absolute atomic E-state index is 0.0495. The molecule has 0 fully saturated rings. The van der Waals surface area contributed by atoms with Gasteiger partial charge in [0.05, 0.1) is 29.3 Å². The number of pyridine rings is 2. The number of nitrogens with one attached hydrogen (secondary N) is 2. The second-order valence-electron chi connectivity index (χ2n) is 7.57. The summed E-state index contributed by atoms with van der Waals surface area (Å²) in [5, 5.41) is 14.7. The zero-order valence-corrected chi connectivity index (χ0v) is 19.0. The van der Waals surface area contributed by atoms with Crippen molar-refractivity contribution in [1.29, 1.82) is 0 Å². The van der Waals surface area contributed by atoms with Gasteiger partial charge in [-0.15, -0.1) is 4.80 Å². The zero-order chi connectivity index (χ0) is 25.6. The van der Waals surface area contributed by atoms with Crippen LogP contribution in [-0.2, 0) is 13.2 Å². The number of nitrogens with zero attached hydrogens (tertiary/aromatic N) is 6. The number of benzene rings is 1. The lowest BCUT2D eigenvalue weighted by molar-refractivity contribution is -0.137. The summed E-state index contributed by atoms with van der Waals surface area (Å²) < 4.78 is 43.8. The third kappa shape index (κ3) is 3.98. The van der Waals surface area contributed by atoms with Gasteiger partial charge in [-0.1, -0.05) is 23.7 Å². The Hall–Kier alpha value is -4.52. The molecule has 0 aliphatic rings. The number of aromatic nitrogens is 7. The lowest BCUT2D eigenvalue weighted by atomic mass is 9.99. The molecule has 0 atom stereocenters. The predicted octanol–water partition coefficient (Wildman–Crippen LogP) is 3.83. The molecule has 0 unspecified atom stereocenters. The lowest BCUT2D eigenvalue weighted by Crippen LogP contribution is -2.21. The Morgan fingerprint density at radius 1 is 1.14 bits per heavy atom. The predicted molar refractivity (Wildman–Crippen MR) is 124 cm³/mol. The van der Waals surface area contributed by atoms with Crippen molar-refractivity contribution in [3.05, 3.63) is 81.8 Å². The molecule has 182 valence electrons. The molecule has 36 heavy (non-hydrogen) atoms. The van der Waals surface area contributed by atoms with Crippen LogP contribution in [0.1, 0.15) is 16.1 Å². The third-order valence-electron chi connectivity index (χ3n) is 5.30. The minimum Gasteiger partial charge on any atom is -0.329 e. The Balaban J connectivity index is 1.59. The number of hydrogen-bond donors (Lipinski definition) is 2. The first-order chi connectivity index (χ1) is 17.1. The number of hydrogen-bond acceptors (Lipinski definition) is 6. The summed E-state index contributed by atoms with van der Waals surface area (Å²) in [5.41, 5.74) is -2.81. The van der Waals surface area contributed by atoms with Crippen LogP contribution in [0.4, 0.5) is 18.9 Å². The molecule has 0 aliphatic carbocycles. The van der Waals surface area contributed by atoms with E-state index < -0.39 is 34.6 Å². The Labute approximate surface area is 204 Å². The van der Waals surface area contributed by atoms with Gasteiger partial charge >= 0.3 is 6.18 Å². The van der Waals surface area contributed by atoms with Crippen LogP contribution in [0, 0.1) is 0 Å². The van der Waals surface area contributed by atoms with E-state index in [1.807, 2.05) is 0 Å². The van der Waals surface area contributed by atoms with Gasteiger partial charge in [-0.2, -0.15) is 28.5 Å². The number of fused-ring (bicyclic) bond motifs is 1. The molecule has 1 amide bonds. The highest BCUT2D eigenvalue weighted by atomic mass is 35.5. The molecule has 0 saturated heterocycles. The second kappa shape index (κ2) is 8.61. The van der Waals surface area contributed by atoms with E-state index in [0.29, 0.717) is 0 Å². The van der Waals surface area contributed by atoms with E-state index in [0.717, 1.165) is 9.48 Å². The van der Waals surface area contributed by atoms with Crippen LogP contribution in [0.2, 0.25) is 5.02 Å². The number of amides is 1. The summed E-state index contributed by atoms with van der Waals surface area (Å²) in [6.07, 6.45) is 0.434. The summed E-state index contributed by atoms with van der Waals surface area (Å²) >= 11 is 6.20. The van der Waals surface area contributed by atoms with E-state index in [1.54, 1.807) is 0 Å². The normalized spacial score (nSPS) is 11.7. The smallest absolute Gasteiger partial charge is 0.329 e. The van der Waals surface area contributed by atoms with Crippen LogP contribution in [0.3, 0.4) is 0 Å². The molecule has 4 aromatic heterocycles. The van der Waals surface area contributed by atoms with Crippen molar-refractivity contribution >= 4 is 34.0 Å². The highest BCUT2D eigenvalue weighted by Gasteiger charge is 2.42. The SMILES string of the molecule is Cn1nc(-c2cccc3c(=O)[nH]ccc23)c(C(F)(F)F)c1C(=O)Nc1cnc(-n2nccn2)c(Cl)c1. The van der Waals surface area contributed by atoms with Crippen LogP contribution in [0.15, 0.2) is 59.9 Å². The molecule has 2 N–H and O–H groups in total. The number of aromatic amines is 1. The molecule has 0 saturated carbocycles. The largest absolute Gasteiger partial charge is 0.420 e. The van der Waals surface area contributed by atoms with Gasteiger partial charge in [-0.25, -0.2) is 4.98 Å². The molecule has 0 aliphatic heterocycles. The number of H-pyrrole nitrogens is 1. The fraction of sp³-hybridized carbons (Fsp3) is 0.0909. The average Bonchev–Trinajstić information content (AvgIpc) is 3.47. The van der Waals surface area contributed by atoms with Gasteiger partial charge < -0.3 is 10.3 Å². The molecule has 14 heteroatoms. The van der Waals surface area contributed by atoms with E-state index in [2.05, 4.69) is 30.6 Å². The van der Waals surface area contributed by atoms with Crippen LogP contribution < -0.4 is 10.9 Å². The van der Waals surface area contributed by atoms with Gasteiger partial charge in [-0.3, -0.25) is 14.3 Å². The van der Waals surface area contributed by atoms with Crippen molar-refractivity contribution in [2.45, 2.75) is 6.18 Å². The number of carbonyl (C=O) groups excluding carboxylic acids is 1. The highest BCUT2D eigenvalue weighted by molar-refractivity contribution is 6.32. The number of halogens is 4. The first-order valence-corrected chi connectivity index (χ1v) is 10.6. The minimum atomic E-state index is -4.94. The van der Waals surface area contributed by atoms with Crippen molar-refractivity contribution in [2.75, 3.05) is 5.32 Å². The van der Waals surface area contributed by atoms with Crippen molar-refractivity contribution in [3.63, 3.8) is 0 Å². The number of carbonyl (C=O) groups is 1. The monoisotopic (exact) mass is 514 g/mol. The van der Waals surface area contributed by atoms with Gasteiger partial charge in [-0.05, 0) is 23.6 Å². The molecule has 1 aromatic carbocycles. The lowest BCUT2D eigenvalue weighted by Gasteiger charge is -2.12. The van der Waals surface area contributed by atoms with Gasteiger partial charge in [0.2, 0.25) is 0 Å². The molecular formula is C22H14ClF3N8O2. The van der Waals surface area contributed by atoms with Crippen LogP contribution in [-0.4, -0.2) is 40.6 Å². The van der Waals surface area contributed by atoms with E-state index in [1.165, 1.54) is 62.2 Å². The van der Waals surface area contributed by atoms with E-state index in [-0.39, 0.29) is 32.9 Å². The van der Waals surface area contributed by atoms with Crippen LogP contribution in [0.25, 0.3) is 27.8 Å². The fourth-order valence-electron chi connectivity index (χ4n) is 3.83. The molecule has 0 spiro atoms. The molecule has 0 bridgehead atoms. The number of anilines is 1. The fourth-order valence-corrected chi connectivity index (χ4v) is 4.07. The van der Waals surface area contributed by atoms with Crippen molar-refractivity contribution in [2.24, 2.45) is 7.05 Å². The molecule has 0 radical (unpaired) electrons. The van der Waals surface area contributed by atoms with E-state index >= 15 is 0 Å². The van der Waals surface area contributed by atoms with Gasteiger partial charge in [0.15, 0.2) is 5.82 Å². The Kier molecular flexibility index (Phi) is 5.55. The Morgan fingerprint density at radius 3 is 2.58 bits per heavy atom. The zero-order valence-electron chi connectivity index (χ0n) is 18.2. The summed E-state index contributed by atoms with van der Waals surface area (Å²) in [6.45, 7) is 0. The molecule has 5 aromatic rings. The van der Waals surface area contributed by atoms with Gasteiger partial charge in [0.25, 0.3) is 11.5 Å². The van der Waals surface area contributed by atoms with Crippen molar-refractivity contribution in [1.82, 2.24) is 34.7 Å². The van der Waals surface area contributed by atoms with Gasteiger partial charge in [0, 0.05) is 24.2 Å². The summed E-state index contributed by atoms with van der Waals surface area (Å²) in [7, 11) is 1.23. The number of alkyl halides is 3. The summed E-state index contributed by atoms with van der Waals surface area (Å²) in [5.74, 6) is -0.908. The second-order valence-corrected chi connectivity index (χ2v) is 7.98. The summed E-state index contributed by atoms with van der Waals surface area (Å²) in [6, 6.07) is 7.13. The number of aryl methyl sites for hydroxylation is 1. The molecule has 5 rings (SSSR count). The first-order valence-electron chi connectivity index (χ1n) is 10.2. The Bertz CT molecular complexity index is 1680. The van der Waals surface area contributed by atoms with Crippen LogP contribution in [0.5, 0.6) is 0 Å². The highest BCUT2D eigenvalue weighted by Crippen LogP contribution is 2.41. The summed E-state index contributed by atoms with van der Waals surface area (Å²) in [4.78, 5) is 32.9. The topological polar surface area (TPSA) is 123 Å². The maximum absolute atomic E-state index is 14.3. The maximum atomic E-state index is 14.3. The first kappa shape index (κ1) is 23.2. The standard InChI is InChI=1S/C22H14ClF3N8O2/c1-33-18(21(36)31-11-9-15(23)19(28-10-11)34-29-7-8-30-34)16(22(24,25)26)17(32-33)13-3-2-4-14-12(13)5-6-27-20(14)35/h2-10H,1H3,(H,27,35)(H,31,36). The third-order valence-corrected chi connectivity index (χ3v) is 5.58. The van der Waals surface area contributed by atoms with E-state index in [9.17, 15) is 22.8 Å². The van der Waals surface area contributed by atoms with Crippen molar-refractivity contribution < 1.29 is 18.0 Å². The quantitative estimate of drug-likeness (QED) is 0.376. The van der Waals surface area contributed by atoms with Gasteiger partial charge in [0.1, 0.15) is 17.0 Å².